The Balaban J connectivity index is 3.23. The molecule has 0 spiro atoms. The highest BCUT2D eigenvalue weighted by Gasteiger charge is 2.30. The molecule has 0 bridgehead atoms. The summed E-state index contributed by atoms with van der Waals surface area (Å²) in [7, 11) is 0. The van der Waals surface area contributed by atoms with Crippen molar-refractivity contribution in [1.29, 1.82) is 0 Å². The minimum Gasteiger partial charge on any atom is -0.458 e. The van der Waals surface area contributed by atoms with Crippen LogP contribution >= 0.6 is 0 Å². The third kappa shape index (κ3) is 10.3. The molecule has 1 amide bonds. The SMILES string of the molecule is CC(C)[C@H](NC(=O)OC(C)(C)C)C(=N[C@@H](Cc1ccccc1)C(=O)OC(C)(C)C)NO. The highest BCUT2D eigenvalue weighted by atomic mass is 16.6. The highest BCUT2D eigenvalue weighted by Crippen LogP contribution is 2.15. The van der Waals surface area contributed by atoms with Crippen LogP contribution in [0.1, 0.15) is 61.0 Å². The summed E-state index contributed by atoms with van der Waals surface area (Å²) in [6.45, 7) is 14.3. The Morgan fingerprint density at radius 1 is 1.00 bits per heavy atom. The Morgan fingerprint density at radius 3 is 2.00 bits per heavy atom. The smallest absolute Gasteiger partial charge is 0.408 e. The van der Waals surface area contributed by atoms with Crippen molar-refractivity contribution in [1.82, 2.24) is 10.8 Å². The van der Waals surface area contributed by atoms with Crippen LogP contribution < -0.4 is 10.8 Å². The van der Waals surface area contributed by atoms with Crippen LogP contribution in [0.4, 0.5) is 4.79 Å². The van der Waals surface area contributed by atoms with Crippen molar-refractivity contribution in [3.63, 3.8) is 0 Å². The second kappa shape index (κ2) is 11.1. The predicted molar refractivity (Wildman–Crippen MR) is 120 cm³/mol. The molecule has 0 heterocycles. The Hall–Kier alpha value is -2.61. The van der Waals surface area contributed by atoms with E-state index in [1.54, 1.807) is 41.5 Å². The quantitative estimate of drug-likeness (QED) is 0.260. The number of amides is 1. The van der Waals surface area contributed by atoms with Gasteiger partial charge in [-0.15, -0.1) is 0 Å². The van der Waals surface area contributed by atoms with Crippen LogP contribution in [0, 0.1) is 5.92 Å². The third-order valence-corrected chi connectivity index (χ3v) is 3.99. The Bertz CT molecular complexity index is 749. The van der Waals surface area contributed by atoms with Crippen LogP contribution in [0.5, 0.6) is 0 Å². The Kier molecular flexibility index (Phi) is 9.49. The molecule has 1 rings (SSSR count). The van der Waals surface area contributed by atoms with Gasteiger partial charge in [0.1, 0.15) is 17.0 Å². The van der Waals surface area contributed by atoms with E-state index in [9.17, 15) is 14.8 Å². The molecule has 0 aliphatic heterocycles. The molecule has 0 unspecified atom stereocenters. The molecule has 8 heteroatoms. The van der Waals surface area contributed by atoms with E-state index in [0.29, 0.717) is 0 Å². The second-order valence-corrected chi connectivity index (χ2v) is 9.73. The van der Waals surface area contributed by atoms with Gasteiger partial charge in [-0.25, -0.2) is 9.59 Å². The van der Waals surface area contributed by atoms with Crippen LogP contribution in [0.2, 0.25) is 0 Å². The number of aliphatic imine (C=N–C) groups is 1. The van der Waals surface area contributed by atoms with Crippen molar-refractivity contribution in [2.24, 2.45) is 10.9 Å². The summed E-state index contributed by atoms with van der Waals surface area (Å²) >= 11 is 0. The molecule has 0 aliphatic carbocycles. The largest absolute Gasteiger partial charge is 0.458 e. The van der Waals surface area contributed by atoms with E-state index >= 15 is 0 Å². The minimum absolute atomic E-state index is 0.0487. The number of nitrogens with one attached hydrogen (secondary N) is 2. The fourth-order valence-corrected chi connectivity index (χ4v) is 2.72. The first-order chi connectivity index (χ1) is 14.2. The summed E-state index contributed by atoms with van der Waals surface area (Å²) < 4.78 is 10.9. The van der Waals surface area contributed by atoms with Crippen LogP contribution in [0.15, 0.2) is 35.3 Å². The molecule has 0 aromatic heterocycles. The van der Waals surface area contributed by atoms with E-state index in [-0.39, 0.29) is 18.2 Å². The fraction of sp³-hybridized carbons (Fsp3) is 0.609. The van der Waals surface area contributed by atoms with E-state index in [2.05, 4.69) is 15.8 Å². The van der Waals surface area contributed by atoms with Crippen molar-refractivity contribution < 1.29 is 24.3 Å². The monoisotopic (exact) mass is 435 g/mol. The number of hydroxylamine groups is 1. The molecule has 2 atom stereocenters. The van der Waals surface area contributed by atoms with Gasteiger partial charge in [0.2, 0.25) is 0 Å². The molecule has 3 N–H and O–H groups in total. The number of rotatable bonds is 7. The van der Waals surface area contributed by atoms with Gasteiger partial charge in [-0.1, -0.05) is 44.2 Å². The predicted octanol–water partition coefficient (Wildman–Crippen LogP) is 3.87. The lowest BCUT2D eigenvalue weighted by Gasteiger charge is -2.27. The van der Waals surface area contributed by atoms with Gasteiger partial charge in [0.15, 0.2) is 6.04 Å². The van der Waals surface area contributed by atoms with E-state index in [1.165, 1.54) is 0 Å². The van der Waals surface area contributed by atoms with Crippen molar-refractivity contribution in [3.8, 4) is 0 Å². The van der Waals surface area contributed by atoms with E-state index < -0.39 is 35.3 Å². The summed E-state index contributed by atoms with van der Waals surface area (Å²) in [6, 6.07) is 7.78. The number of benzene rings is 1. The number of alkyl carbamates (subject to hydrolysis) is 1. The maximum Gasteiger partial charge on any atom is 0.408 e. The van der Waals surface area contributed by atoms with Gasteiger partial charge in [0.05, 0.1) is 6.04 Å². The van der Waals surface area contributed by atoms with Crippen LogP contribution in [0.3, 0.4) is 0 Å². The first-order valence-corrected chi connectivity index (χ1v) is 10.5. The number of hydrogen-bond acceptors (Lipinski definition) is 6. The van der Waals surface area contributed by atoms with Gasteiger partial charge in [0.25, 0.3) is 0 Å². The molecule has 1 aromatic carbocycles. The fourth-order valence-electron chi connectivity index (χ4n) is 2.72. The van der Waals surface area contributed by atoms with Crippen molar-refractivity contribution >= 4 is 17.9 Å². The molecule has 0 saturated carbocycles. The summed E-state index contributed by atoms with van der Waals surface area (Å²) in [6.07, 6.45) is -0.371. The van der Waals surface area contributed by atoms with Crippen LogP contribution in [-0.2, 0) is 20.7 Å². The third-order valence-electron chi connectivity index (χ3n) is 3.99. The number of hydrogen-bond donors (Lipinski definition) is 3. The van der Waals surface area contributed by atoms with Crippen LogP contribution in [-0.4, -0.2) is 46.4 Å². The standard InChI is InChI=1S/C23H37N3O5/c1-15(2)18(25-21(28)31-23(6,7)8)19(26-29)24-17(20(27)30-22(3,4)5)14-16-12-10-9-11-13-16/h9-13,15,17-18,29H,14H2,1-8H3,(H,24,26)(H,25,28)/t17-,18-/m0/s1. The van der Waals surface area contributed by atoms with E-state index in [1.807, 2.05) is 44.2 Å². The summed E-state index contributed by atoms with van der Waals surface area (Å²) in [5, 5.41) is 12.5. The first kappa shape index (κ1) is 26.4. The van der Waals surface area contributed by atoms with Gasteiger partial charge < -0.3 is 14.8 Å². The van der Waals surface area contributed by atoms with E-state index in [0.717, 1.165) is 5.56 Å². The van der Waals surface area contributed by atoms with Crippen LogP contribution in [0.25, 0.3) is 0 Å². The van der Waals surface area contributed by atoms with Gasteiger partial charge in [0, 0.05) is 6.42 Å². The lowest BCUT2D eigenvalue weighted by atomic mass is 10.0. The number of nitrogens with zero attached hydrogens (tertiary/aromatic N) is 1. The molecule has 1 aromatic rings. The molecular weight excluding hydrogens is 398 g/mol. The average molecular weight is 436 g/mol. The molecule has 0 saturated heterocycles. The lowest BCUT2D eigenvalue weighted by molar-refractivity contribution is -0.156. The number of esters is 1. The summed E-state index contributed by atoms with van der Waals surface area (Å²) in [5.41, 5.74) is 1.57. The number of carbonyl (C=O) groups is 2. The lowest BCUT2D eigenvalue weighted by Crippen LogP contribution is -2.51. The van der Waals surface area contributed by atoms with Gasteiger partial charge in [-0.3, -0.25) is 15.7 Å². The molecule has 0 fully saturated rings. The van der Waals surface area contributed by atoms with Gasteiger partial charge in [-0.05, 0) is 53.0 Å². The highest BCUT2D eigenvalue weighted by molar-refractivity contribution is 5.92. The molecule has 0 radical (unpaired) electrons. The maximum absolute atomic E-state index is 12.9. The molecule has 174 valence electrons. The molecular formula is C23H37N3O5. The molecule has 8 nitrogen and oxygen atoms in total. The number of ether oxygens (including phenoxy) is 2. The maximum atomic E-state index is 12.9. The minimum atomic E-state index is -0.919. The Morgan fingerprint density at radius 2 is 1.55 bits per heavy atom. The summed E-state index contributed by atoms with van der Waals surface area (Å²) in [5.74, 6) is -0.626. The van der Waals surface area contributed by atoms with Gasteiger partial charge >= 0.3 is 12.1 Å². The zero-order valence-corrected chi connectivity index (χ0v) is 19.9. The van der Waals surface area contributed by atoms with Crippen molar-refractivity contribution in [2.45, 2.75) is 85.1 Å². The average Bonchev–Trinajstić information content (AvgIpc) is 2.61. The van der Waals surface area contributed by atoms with Gasteiger partial charge in [-0.2, -0.15) is 0 Å². The van der Waals surface area contributed by atoms with Crippen molar-refractivity contribution in [3.05, 3.63) is 35.9 Å². The molecule has 0 aliphatic rings. The number of amidine groups is 1. The second-order valence-electron chi connectivity index (χ2n) is 9.73. The molecule has 31 heavy (non-hydrogen) atoms. The zero-order valence-electron chi connectivity index (χ0n) is 19.9. The van der Waals surface area contributed by atoms with E-state index in [4.69, 9.17) is 9.47 Å². The topological polar surface area (TPSA) is 109 Å². The zero-order chi connectivity index (χ0) is 23.8. The normalized spacial score (nSPS) is 14.6. The summed E-state index contributed by atoms with van der Waals surface area (Å²) in [4.78, 5) is 29.6. The number of carbonyl (C=O) groups excluding carboxylic acids is 2. The van der Waals surface area contributed by atoms with Crippen molar-refractivity contribution in [2.75, 3.05) is 0 Å². The first-order valence-electron chi connectivity index (χ1n) is 10.5. The Labute approximate surface area is 185 Å².